The van der Waals surface area contributed by atoms with Gasteiger partial charge in [-0.25, -0.2) is 4.79 Å². The Bertz CT molecular complexity index is 464. The molecule has 1 amide bonds. The number of nitrogens with zero attached hydrogens (tertiary/aromatic N) is 2. The van der Waals surface area contributed by atoms with Crippen molar-refractivity contribution in [2.45, 2.75) is 11.8 Å². The van der Waals surface area contributed by atoms with Crippen LogP contribution in [0.3, 0.4) is 0 Å². The van der Waals surface area contributed by atoms with Gasteiger partial charge in [0.05, 0.1) is 18.2 Å². The van der Waals surface area contributed by atoms with E-state index in [1.54, 1.807) is 6.07 Å². The summed E-state index contributed by atoms with van der Waals surface area (Å²) in [7, 11) is 1.29. The van der Waals surface area contributed by atoms with Gasteiger partial charge in [-0.3, -0.25) is 9.78 Å². The normalized spacial score (nSPS) is 19.5. The molecule has 0 saturated carbocycles. The van der Waals surface area contributed by atoms with Gasteiger partial charge in [0.25, 0.3) is 0 Å². The minimum atomic E-state index is -0.515. The number of carbonyl (C=O) groups excluding carboxylic acids is 2. The van der Waals surface area contributed by atoms with E-state index < -0.39 is 5.97 Å². The molecule has 1 atom stereocenters. The molecule has 1 aliphatic heterocycles. The molecule has 0 spiro atoms. The van der Waals surface area contributed by atoms with Crippen molar-refractivity contribution >= 4 is 29.2 Å². The van der Waals surface area contributed by atoms with Gasteiger partial charge in [0.2, 0.25) is 5.91 Å². The lowest BCUT2D eigenvalue weighted by Gasteiger charge is -2.18. The highest BCUT2D eigenvalue weighted by Gasteiger charge is 2.31. The molecule has 0 N–H and O–H groups in total. The van der Waals surface area contributed by atoms with E-state index in [2.05, 4.69) is 9.72 Å². The van der Waals surface area contributed by atoms with E-state index in [1.165, 1.54) is 24.4 Å². The summed E-state index contributed by atoms with van der Waals surface area (Å²) >= 11 is 5.92. The van der Waals surface area contributed by atoms with Gasteiger partial charge in [0, 0.05) is 25.4 Å². The van der Waals surface area contributed by atoms with E-state index in [0.717, 1.165) is 0 Å². The number of pyridine rings is 1. The first-order valence-corrected chi connectivity index (χ1v) is 5.54. The topological polar surface area (TPSA) is 59.5 Å². The summed E-state index contributed by atoms with van der Waals surface area (Å²) in [5.74, 6) is -0.611. The van der Waals surface area contributed by atoms with Gasteiger partial charge in [-0.1, -0.05) is 0 Å². The summed E-state index contributed by atoms with van der Waals surface area (Å²) in [5, 5.41) is -0.221. The molecule has 0 bridgehead atoms. The number of alkyl halides is 1. The maximum absolute atomic E-state index is 11.7. The molecule has 1 saturated heterocycles. The van der Waals surface area contributed by atoms with Crippen LogP contribution in [-0.2, 0) is 9.53 Å². The molecular weight excluding hydrogens is 244 g/mol. The monoisotopic (exact) mass is 254 g/mol. The van der Waals surface area contributed by atoms with Gasteiger partial charge in [0.15, 0.2) is 0 Å². The highest BCUT2D eigenvalue weighted by Crippen LogP contribution is 2.27. The minimum absolute atomic E-state index is 0.0960. The molecule has 1 aliphatic rings. The minimum Gasteiger partial charge on any atom is -0.465 e. The number of esters is 1. The third-order valence-electron chi connectivity index (χ3n) is 2.57. The Morgan fingerprint density at radius 1 is 1.65 bits per heavy atom. The number of amides is 1. The average molecular weight is 255 g/mol. The highest BCUT2D eigenvalue weighted by molar-refractivity contribution is 6.24. The van der Waals surface area contributed by atoms with Crippen LogP contribution in [0.5, 0.6) is 0 Å². The lowest BCUT2D eigenvalue weighted by Crippen LogP contribution is -2.26. The summed E-state index contributed by atoms with van der Waals surface area (Å²) in [6.45, 7) is 0.397. The number of rotatable bonds is 2. The first kappa shape index (κ1) is 11.9. The molecule has 1 fully saturated rings. The van der Waals surface area contributed by atoms with Crippen LogP contribution >= 0.6 is 11.6 Å². The number of carbonyl (C=O) groups is 2. The molecule has 90 valence electrons. The summed E-state index contributed by atoms with van der Waals surface area (Å²) < 4.78 is 4.65. The van der Waals surface area contributed by atoms with E-state index in [-0.39, 0.29) is 23.3 Å². The maximum Gasteiger partial charge on any atom is 0.341 e. The van der Waals surface area contributed by atoms with Crippen LogP contribution in [0.15, 0.2) is 18.5 Å². The predicted octanol–water partition coefficient (Wildman–Crippen LogP) is 1.21. The quantitative estimate of drug-likeness (QED) is 0.588. The number of hydrogen-bond donors (Lipinski definition) is 0. The second kappa shape index (κ2) is 4.71. The molecule has 1 aromatic rings. The molecule has 17 heavy (non-hydrogen) atoms. The predicted molar refractivity (Wildman–Crippen MR) is 62.2 cm³/mol. The van der Waals surface area contributed by atoms with Crippen LogP contribution in [0, 0.1) is 0 Å². The first-order chi connectivity index (χ1) is 8.13. The molecule has 0 radical (unpaired) electrons. The van der Waals surface area contributed by atoms with Crippen LogP contribution in [0.4, 0.5) is 5.69 Å². The van der Waals surface area contributed by atoms with Crippen LogP contribution in [0.1, 0.15) is 16.8 Å². The summed E-state index contributed by atoms with van der Waals surface area (Å²) in [6.07, 6.45) is 3.19. The lowest BCUT2D eigenvalue weighted by molar-refractivity contribution is -0.117. The smallest absolute Gasteiger partial charge is 0.341 e. The number of aromatic nitrogens is 1. The molecule has 0 aromatic carbocycles. The van der Waals surface area contributed by atoms with Crippen molar-refractivity contribution in [2.24, 2.45) is 0 Å². The third kappa shape index (κ3) is 2.24. The largest absolute Gasteiger partial charge is 0.465 e. The zero-order chi connectivity index (χ0) is 12.4. The van der Waals surface area contributed by atoms with Gasteiger partial charge >= 0.3 is 5.97 Å². The maximum atomic E-state index is 11.7. The van der Waals surface area contributed by atoms with E-state index in [9.17, 15) is 9.59 Å². The Balaban J connectivity index is 2.38. The molecule has 0 aliphatic carbocycles. The number of hydrogen-bond acceptors (Lipinski definition) is 4. The van der Waals surface area contributed by atoms with Crippen molar-refractivity contribution in [1.29, 1.82) is 0 Å². The van der Waals surface area contributed by atoms with Crippen molar-refractivity contribution in [3.63, 3.8) is 0 Å². The fourth-order valence-corrected chi connectivity index (χ4v) is 2.06. The Kier molecular flexibility index (Phi) is 3.28. The Labute approximate surface area is 103 Å². The highest BCUT2D eigenvalue weighted by atomic mass is 35.5. The molecule has 2 heterocycles. The van der Waals surface area contributed by atoms with E-state index >= 15 is 0 Å². The van der Waals surface area contributed by atoms with Crippen molar-refractivity contribution in [3.05, 3.63) is 24.0 Å². The summed E-state index contributed by atoms with van der Waals surface area (Å²) in [4.78, 5) is 28.6. The molecule has 5 nitrogen and oxygen atoms in total. The number of halogens is 1. The Morgan fingerprint density at radius 3 is 3.00 bits per heavy atom. The molecule has 1 aromatic heterocycles. The van der Waals surface area contributed by atoms with Crippen molar-refractivity contribution in [3.8, 4) is 0 Å². The van der Waals surface area contributed by atoms with E-state index in [4.69, 9.17) is 11.6 Å². The second-order valence-corrected chi connectivity index (χ2v) is 4.31. The molecule has 2 rings (SSSR count). The number of methoxy groups -OCH3 is 1. The second-order valence-electron chi connectivity index (χ2n) is 3.69. The zero-order valence-electron chi connectivity index (χ0n) is 9.22. The fourth-order valence-electron chi connectivity index (χ4n) is 1.79. The standard InChI is InChI=1S/C11H11ClN2O3/c1-17-11(16)8-5-13-3-2-9(8)14-6-7(12)4-10(14)15/h2-3,5,7H,4,6H2,1H3. The van der Waals surface area contributed by atoms with Crippen molar-refractivity contribution in [2.75, 3.05) is 18.6 Å². The van der Waals surface area contributed by atoms with E-state index in [1.807, 2.05) is 0 Å². The van der Waals surface area contributed by atoms with Gasteiger partial charge in [0.1, 0.15) is 5.56 Å². The molecule has 1 unspecified atom stereocenters. The van der Waals surface area contributed by atoms with Gasteiger partial charge in [-0.2, -0.15) is 0 Å². The molecule has 6 heteroatoms. The summed E-state index contributed by atoms with van der Waals surface area (Å²) in [5.41, 5.74) is 0.772. The van der Waals surface area contributed by atoms with Crippen LogP contribution < -0.4 is 4.90 Å². The van der Waals surface area contributed by atoms with Gasteiger partial charge in [-0.05, 0) is 6.07 Å². The Morgan fingerprint density at radius 2 is 2.41 bits per heavy atom. The van der Waals surface area contributed by atoms with E-state index in [0.29, 0.717) is 12.2 Å². The van der Waals surface area contributed by atoms with Gasteiger partial charge in [-0.15, -0.1) is 11.6 Å². The van der Waals surface area contributed by atoms with Crippen LogP contribution in [-0.4, -0.2) is 35.9 Å². The average Bonchev–Trinajstić information content (AvgIpc) is 2.67. The zero-order valence-corrected chi connectivity index (χ0v) is 9.98. The third-order valence-corrected chi connectivity index (χ3v) is 2.86. The number of anilines is 1. The molecular formula is C11H11ClN2O3. The van der Waals surface area contributed by atoms with Crippen LogP contribution in [0.25, 0.3) is 0 Å². The lowest BCUT2D eigenvalue weighted by atomic mass is 10.2. The Hall–Kier alpha value is -1.62. The van der Waals surface area contributed by atoms with Gasteiger partial charge < -0.3 is 9.64 Å². The van der Waals surface area contributed by atoms with Crippen molar-refractivity contribution in [1.82, 2.24) is 4.98 Å². The summed E-state index contributed by atoms with van der Waals surface area (Å²) in [6, 6.07) is 1.61. The fraction of sp³-hybridized carbons (Fsp3) is 0.364. The number of ether oxygens (including phenoxy) is 1. The van der Waals surface area contributed by atoms with Crippen molar-refractivity contribution < 1.29 is 14.3 Å². The SMILES string of the molecule is COC(=O)c1cnccc1N1CC(Cl)CC1=O. The van der Waals surface area contributed by atoms with Crippen LogP contribution in [0.2, 0.25) is 0 Å². The first-order valence-electron chi connectivity index (χ1n) is 5.10.